The summed E-state index contributed by atoms with van der Waals surface area (Å²) in [7, 11) is 0. The Morgan fingerprint density at radius 1 is 1.20 bits per heavy atom. The summed E-state index contributed by atoms with van der Waals surface area (Å²) in [6, 6.07) is 0. The van der Waals surface area contributed by atoms with E-state index in [1.807, 2.05) is 13.8 Å². The molecular weight excluding hydrogens is 300 g/mol. The highest BCUT2D eigenvalue weighted by Crippen LogP contribution is 2.60. The van der Waals surface area contributed by atoms with Gasteiger partial charge in [0.15, 0.2) is 0 Å². The fourth-order valence-corrected chi connectivity index (χ4v) is 6.45. The Bertz CT molecular complexity index is 480. The molecule has 0 spiro atoms. The van der Waals surface area contributed by atoms with Crippen LogP contribution in [0.5, 0.6) is 0 Å². The Kier molecular flexibility index (Phi) is 7.02. The first-order chi connectivity index (χ1) is 11.9. The van der Waals surface area contributed by atoms with Gasteiger partial charge in [-0.1, -0.05) is 65.3 Å². The lowest BCUT2D eigenvalue weighted by molar-refractivity contribution is 0.0917. The van der Waals surface area contributed by atoms with Crippen LogP contribution in [0.4, 0.5) is 0 Å². The van der Waals surface area contributed by atoms with Crippen LogP contribution in [0.1, 0.15) is 99.8 Å². The first-order valence-electron chi connectivity index (χ1n) is 11.2. The molecule has 0 saturated heterocycles. The minimum atomic E-state index is 0.447. The van der Waals surface area contributed by atoms with Gasteiger partial charge in [-0.3, -0.25) is 0 Å². The van der Waals surface area contributed by atoms with Gasteiger partial charge in [0.25, 0.3) is 0 Å². The molecule has 5 atom stereocenters. The van der Waals surface area contributed by atoms with E-state index >= 15 is 0 Å². The monoisotopic (exact) mass is 344 g/mol. The Balaban J connectivity index is 0.00000109. The fourth-order valence-electron chi connectivity index (χ4n) is 6.45. The van der Waals surface area contributed by atoms with Crippen molar-refractivity contribution in [2.45, 2.75) is 99.8 Å². The smallest absolute Gasteiger partial charge is 0.0146 e. The Morgan fingerprint density at radius 2 is 1.92 bits per heavy atom. The van der Waals surface area contributed by atoms with Crippen molar-refractivity contribution in [3.63, 3.8) is 0 Å². The van der Waals surface area contributed by atoms with Crippen LogP contribution in [0, 0.1) is 34.5 Å². The van der Waals surface area contributed by atoms with Crippen molar-refractivity contribution in [2.75, 3.05) is 0 Å². The molecule has 25 heavy (non-hydrogen) atoms. The van der Waals surface area contributed by atoms with Crippen LogP contribution in [0.3, 0.4) is 0 Å². The Labute approximate surface area is 158 Å². The van der Waals surface area contributed by atoms with Crippen LogP contribution in [-0.4, -0.2) is 0 Å². The van der Waals surface area contributed by atoms with E-state index in [-0.39, 0.29) is 0 Å². The van der Waals surface area contributed by atoms with Crippen LogP contribution in [0.2, 0.25) is 0 Å². The van der Waals surface area contributed by atoms with Crippen molar-refractivity contribution in [1.29, 1.82) is 0 Å². The number of rotatable bonds is 4. The molecule has 3 rings (SSSR count). The average Bonchev–Trinajstić information content (AvgIpc) is 3.13. The summed E-state index contributed by atoms with van der Waals surface area (Å²) in [5.41, 5.74) is 2.83. The molecule has 2 saturated carbocycles. The molecule has 0 heteroatoms. The van der Waals surface area contributed by atoms with E-state index in [2.05, 4.69) is 52.8 Å². The zero-order chi connectivity index (χ0) is 18.7. The third-order valence-corrected chi connectivity index (χ3v) is 7.70. The molecule has 0 N–H and O–H groups in total. The van der Waals surface area contributed by atoms with Crippen LogP contribution in [-0.2, 0) is 0 Å². The second-order valence-electron chi connectivity index (χ2n) is 9.83. The minimum Gasteiger partial charge on any atom is -0.0882 e. The molecule has 0 aromatic carbocycles. The standard InChI is InChI=1S/C23H38.C2H6/c1-6-19-8-7-14-23(5)20(11-12-21(19)23)17(2)9-10-18-13-15-22(3,4)16-18;1-2/h6,13,15,17-18,20-21H,7-12,14,16H2,1-5H3;1-2H3/b19-6+;/t17-,18?,20?,21?,23?;/m1./s1. The lowest BCUT2D eigenvalue weighted by Gasteiger charge is -2.44. The molecule has 0 aromatic rings. The summed E-state index contributed by atoms with van der Waals surface area (Å²) < 4.78 is 0. The van der Waals surface area contributed by atoms with Crippen LogP contribution in [0.25, 0.3) is 0 Å². The number of hydrogen-bond acceptors (Lipinski definition) is 0. The molecule has 0 radical (unpaired) electrons. The van der Waals surface area contributed by atoms with Crippen LogP contribution >= 0.6 is 0 Å². The van der Waals surface area contributed by atoms with E-state index in [4.69, 9.17) is 0 Å². The molecule has 144 valence electrons. The maximum Gasteiger partial charge on any atom is -0.0146 e. The van der Waals surface area contributed by atoms with Crippen molar-refractivity contribution in [1.82, 2.24) is 0 Å². The molecular formula is C25H44. The highest BCUT2D eigenvalue weighted by atomic mass is 14.5. The van der Waals surface area contributed by atoms with Gasteiger partial charge in [0.05, 0.1) is 0 Å². The lowest BCUT2D eigenvalue weighted by atomic mass is 9.60. The predicted octanol–water partition coefficient (Wildman–Crippen LogP) is 8.19. The van der Waals surface area contributed by atoms with E-state index in [0.29, 0.717) is 10.8 Å². The van der Waals surface area contributed by atoms with Crippen molar-refractivity contribution in [3.05, 3.63) is 23.8 Å². The topological polar surface area (TPSA) is 0 Å². The molecule has 3 aliphatic rings. The van der Waals surface area contributed by atoms with Crippen LogP contribution < -0.4 is 0 Å². The van der Waals surface area contributed by atoms with Gasteiger partial charge in [0, 0.05) is 0 Å². The number of fused-ring (bicyclic) bond motifs is 1. The van der Waals surface area contributed by atoms with E-state index in [9.17, 15) is 0 Å². The summed E-state index contributed by atoms with van der Waals surface area (Å²) in [6.45, 7) is 16.2. The zero-order valence-corrected chi connectivity index (χ0v) is 18.2. The number of hydrogen-bond donors (Lipinski definition) is 0. The molecule has 0 amide bonds. The summed E-state index contributed by atoms with van der Waals surface area (Å²) in [6.07, 6.45) is 18.8. The second-order valence-corrected chi connectivity index (χ2v) is 9.83. The lowest BCUT2D eigenvalue weighted by Crippen LogP contribution is -2.36. The first kappa shape index (κ1) is 20.8. The summed E-state index contributed by atoms with van der Waals surface area (Å²) in [4.78, 5) is 0. The van der Waals surface area contributed by atoms with Gasteiger partial charge < -0.3 is 0 Å². The quantitative estimate of drug-likeness (QED) is 0.451. The molecule has 2 fully saturated rings. The zero-order valence-electron chi connectivity index (χ0n) is 18.2. The summed E-state index contributed by atoms with van der Waals surface area (Å²) >= 11 is 0. The van der Waals surface area contributed by atoms with Crippen molar-refractivity contribution in [2.24, 2.45) is 34.5 Å². The van der Waals surface area contributed by atoms with Gasteiger partial charge in [-0.2, -0.15) is 0 Å². The fraction of sp³-hybridized carbons (Fsp3) is 0.840. The largest absolute Gasteiger partial charge is 0.0882 e. The van der Waals surface area contributed by atoms with E-state index in [1.165, 1.54) is 51.4 Å². The number of allylic oxidation sites excluding steroid dienone is 4. The van der Waals surface area contributed by atoms with Crippen molar-refractivity contribution < 1.29 is 0 Å². The summed E-state index contributed by atoms with van der Waals surface area (Å²) in [5.74, 6) is 3.60. The molecule has 0 aromatic heterocycles. The van der Waals surface area contributed by atoms with Gasteiger partial charge >= 0.3 is 0 Å². The van der Waals surface area contributed by atoms with E-state index < -0.39 is 0 Å². The van der Waals surface area contributed by atoms with Crippen LogP contribution in [0.15, 0.2) is 23.8 Å². The minimum absolute atomic E-state index is 0.447. The molecule has 0 nitrogen and oxygen atoms in total. The van der Waals surface area contributed by atoms with Crippen molar-refractivity contribution in [3.8, 4) is 0 Å². The van der Waals surface area contributed by atoms with E-state index in [0.717, 1.165) is 23.7 Å². The van der Waals surface area contributed by atoms with Gasteiger partial charge in [0.2, 0.25) is 0 Å². The normalized spacial score (nSPS) is 39.0. The van der Waals surface area contributed by atoms with Gasteiger partial charge in [-0.25, -0.2) is 0 Å². The summed E-state index contributed by atoms with van der Waals surface area (Å²) in [5, 5.41) is 0. The molecule has 3 aliphatic carbocycles. The Hall–Kier alpha value is -0.520. The maximum absolute atomic E-state index is 2.63. The molecule has 4 unspecified atom stereocenters. The molecule has 0 heterocycles. The average molecular weight is 345 g/mol. The predicted molar refractivity (Wildman–Crippen MR) is 113 cm³/mol. The highest BCUT2D eigenvalue weighted by Gasteiger charge is 2.50. The van der Waals surface area contributed by atoms with Gasteiger partial charge in [-0.15, -0.1) is 0 Å². The highest BCUT2D eigenvalue weighted by molar-refractivity contribution is 5.18. The first-order valence-corrected chi connectivity index (χ1v) is 11.2. The molecule has 0 aliphatic heterocycles. The Morgan fingerprint density at radius 3 is 2.52 bits per heavy atom. The second kappa shape index (κ2) is 8.45. The molecule has 0 bridgehead atoms. The maximum atomic E-state index is 2.63. The van der Waals surface area contributed by atoms with Crippen molar-refractivity contribution >= 4 is 0 Å². The van der Waals surface area contributed by atoms with E-state index in [1.54, 1.807) is 5.57 Å². The van der Waals surface area contributed by atoms with Gasteiger partial charge in [0.1, 0.15) is 0 Å². The third-order valence-electron chi connectivity index (χ3n) is 7.70. The SMILES string of the molecule is C/C=C1\CCCC2(C)C1CCC2[C@H](C)CCC1C=CC(C)(C)C1.CC. The van der Waals surface area contributed by atoms with Gasteiger partial charge in [-0.05, 0) is 92.8 Å². The third kappa shape index (κ3) is 4.42.